The van der Waals surface area contributed by atoms with Crippen LogP contribution in [-0.2, 0) is 19.6 Å². The topological polar surface area (TPSA) is 122 Å². The number of ether oxygens (including phenoxy) is 1. The lowest BCUT2D eigenvalue weighted by molar-refractivity contribution is -0.127. The molecule has 1 aromatic carbocycles. The van der Waals surface area contributed by atoms with E-state index in [1.807, 2.05) is 0 Å². The van der Waals surface area contributed by atoms with Gasteiger partial charge in [-0.1, -0.05) is 26.2 Å². The molecule has 33 heavy (non-hydrogen) atoms. The van der Waals surface area contributed by atoms with Crippen LogP contribution in [0.5, 0.6) is 0 Å². The Morgan fingerprint density at radius 1 is 1.00 bits per heavy atom. The summed E-state index contributed by atoms with van der Waals surface area (Å²) < 4.78 is 32.2. The van der Waals surface area contributed by atoms with Crippen LogP contribution in [0.3, 0.4) is 0 Å². The molecule has 1 heterocycles. The highest BCUT2D eigenvalue weighted by Gasteiger charge is 2.28. The zero-order valence-corrected chi connectivity index (χ0v) is 20.0. The van der Waals surface area contributed by atoms with Gasteiger partial charge in [-0.3, -0.25) is 10.1 Å². The molecule has 1 aliphatic carbocycles. The predicted octanol–water partition coefficient (Wildman–Crippen LogP) is 2.81. The lowest BCUT2D eigenvalue weighted by Crippen LogP contribution is -2.48. The van der Waals surface area contributed by atoms with Crippen molar-refractivity contribution in [3.05, 3.63) is 29.8 Å². The summed E-state index contributed by atoms with van der Waals surface area (Å²) in [5.74, 6) is -0.998. The van der Waals surface area contributed by atoms with E-state index in [0.29, 0.717) is 19.0 Å². The fourth-order valence-corrected chi connectivity index (χ4v) is 5.57. The van der Waals surface area contributed by atoms with Crippen molar-refractivity contribution in [1.29, 1.82) is 0 Å². The molecule has 1 saturated heterocycles. The molecule has 3 amide bonds. The second kappa shape index (κ2) is 11.1. The predicted molar refractivity (Wildman–Crippen MR) is 122 cm³/mol. The van der Waals surface area contributed by atoms with E-state index in [4.69, 9.17) is 4.74 Å². The van der Waals surface area contributed by atoms with Gasteiger partial charge >= 0.3 is 12.0 Å². The zero-order chi connectivity index (χ0) is 24.0. The van der Waals surface area contributed by atoms with E-state index in [1.165, 1.54) is 35.5 Å². The number of piperidine rings is 1. The van der Waals surface area contributed by atoms with Crippen molar-refractivity contribution in [1.82, 2.24) is 14.9 Å². The summed E-state index contributed by atoms with van der Waals surface area (Å²) in [5, 5.41) is 4.97. The van der Waals surface area contributed by atoms with Gasteiger partial charge < -0.3 is 10.1 Å². The summed E-state index contributed by atoms with van der Waals surface area (Å²) in [7, 11) is -3.62. The molecule has 1 aromatic rings. The van der Waals surface area contributed by atoms with Crippen LogP contribution in [0.2, 0.25) is 0 Å². The quantitative estimate of drug-likeness (QED) is 0.605. The van der Waals surface area contributed by atoms with Crippen molar-refractivity contribution in [3.63, 3.8) is 0 Å². The molecule has 1 unspecified atom stereocenters. The van der Waals surface area contributed by atoms with Crippen LogP contribution in [0, 0.1) is 5.92 Å². The lowest BCUT2D eigenvalue weighted by Gasteiger charge is -2.29. The van der Waals surface area contributed by atoms with E-state index < -0.39 is 34.0 Å². The van der Waals surface area contributed by atoms with E-state index in [-0.39, 0.29) is 16.5 Å². The number of esters is 1. The second-order valence-corrected chi connectivity index (χ2v) is 10.9. The third-order valence-electron chi connectivity index (χ3n) is 6.30. The number of urea groups is 1. The van der Waals surface area contributed by atoms with E-state index in [2.05, 4.69) is 17.6 Å². The van der Waals surface area contributed by atoms with Gasteiger partial charge in [0.05, 0.1) is 10.5 Å². The Bertz CT molecular complexity index is 949. The molecule has 0 bridgehead atoms. The van der Waals surface area contributed by atoms with Gasteiger partial charge in [-0.25, -0.2) is 18.0 Å². The summed E-state index contributed by atoms with van der Waals surface area (Å²) in [6.45, 7) is 4.44. The number of nitrogens with one attached hydrogen (secondary N) is 2. The number of hydrogen-bond acceptors (Lipinski definition) is 6. The Balaban J connectivity index is 1.52. The van der Waals surface area contributed by atoms with Crippen molar-refractivity contribution >= 4 is 27.9 Å². The lowest BCUT2D eigenvalue weighted by atomic mass is 9.96. The molecule has 2 fully saturated rings. The minimum atomic E-state index is -3.62. The molecule has 0 radical (unpaired) electrons. The molecule has 2 N–H and O–H groups in total. The number of sulfonamides is 1. The number of carbonyl (C=O) groups excluding carboxylic acids is 3. The molecular weight excluding hydrogens is 446 g/mol. The standard InChI is InChI=1S/C23H33N3O6S/c1-16-12-14-26(15-13-16)33(30,31)20-10-8-18(9-11-20)22(28)32-17(2)21(27)25-23(29)24-19-6-4-3-5-7-19/h8-11,16-17,19H,3-7,12-15H2,1-2H3,(H2,24,25,27,29). The van der Waals surface area contributed by atoms with Crippen LogP contribution in [0.25, 0.3) is 0 Å². The molecule has 2 aliphatic rings. The molecule has 10 heteroatoms. The summed E-state index contributed by atoms with van der Waals surface area (Å²) in [6.07, 6.45) is 5.46. The van der Waals surface area contributed by atoms with Crippen molar-refractivity contribution in [3.8, 4) is 0 Å². The summed E-state index contributed by atoms with van der Waals surface area (Å²) in [4.78, 5) is 36.7. The van der Waals surface area contributed by atoms with Crippen molar-refractivity contribution < 1.29 is 27.5 Å². The monoisotopic (exact) mass is 479 g/mol. The SMILES string of the molecule is CC1CCN(S(=O)(=O)c2ccc(C(=O)OC(C)C(=O)NC(=O)NC3CCCCC3)cc2)CC1. The number of hydrogen-bond donors (Lipinski definition) is 2. The Morgan fingerprint density at radius 3 is 2.21 bits per heavy atom. The van der Waals surface area contributed by atoms with E-state index >= 15 is 0 Å². The molecule has 0 spiro atoms. The van der Waals surface area contributed by atoms with Crippen LogP contribution in [0.1, 0.15) is 69.2 Å². The number of rotatable bonds is 6. The number of benzene rings is 1. The van der Waals surface area contributed by atoms with E-state index in [1.54, 1.807) is 0 Å². The van der Waals surface area contributed by atoms with Gasteiger partial charge in [-0.15, -0.1) is 0 Å². The largest absolute Gasteiger partial charge is 0.449 e. The first-order valence-corrected chi connectivity index (χ1v) is 13.0. The third kappa shape index (κ3) is 6.77. The first-order valence-electron chi connectivity index (χ1n) is 11.6. The van der Waals surface area contributed by atoms with Crippen LogP contribution >= 0.6 is 0 Å². The fraction of sp³-hybridized carbons (Fsp3) is 0.609. The summed E-state index contributed by atoms with van der Waals surface area (Å²) in [5.41, 5.74) is 0.118. The van der Waals surface area contributed by atoms with Gasteiger partial charge in [0, 0.05) is 19.1 Å². The highest BCUT2D eigenvalue weighted by atomic mass is 32.2. The summed E-state index contributed by atoms with van der Waals surface area (Å²) >= 11 is 0. The molecule has 1 saturated carbocycles. The molecule has 182 valence electrons. The average molecular weight is 480 g/mol. The minimum Gasteiger partial charge on any atom is -0.449 e. The Kier molecular flexibility index (Phi) is 8.47. The maximum atomic E-state index is 12.8. The van der Waals surface area contributed by atoms with Gasteiger partial charge in [0.25, 0.3) is 5.91 Å². The Hall–Kier alpha value is -2.46. The normalized spacial score (nSPS) is 19.5. The van der Waals surface area contributed by atoms with Crippen molar-refractivity contribution in [2.24, 2.45) is 5.92 Å². The van der Waals surface area contributed by atoms with Crippen LogP contribution in [0.15, 0.2) is 29.2 Å². The molecule has 0 aromatic heterocycles. The van der Waals surface area contributed by atoms with Gasteiger partial charge in [0.15, 0.2) is 6.10 Å². The van der Waals surface area contributed by atoms with Gasteiger partial charge in [-0.05, 0) is 62.8 Å². The molecule has 1 aliphatic heterocycles. The smallest absolute Gasteiger partial charge is 0.338 e. The van der Waals surface area contributed by atoms with Gasteiger partial charge in [0.1, 0.15) is 0 Å². The first kappa shape index (κ1) is 25.2. The molecule has 1 atom stereocenters. The number of imide groups is 1. The highest BCUT2D eigenvalue weighted by Crippen LogP contribution is 2.24. The van der Waals surface area contributed by atoms with Crippen LogP contribution < -0.4 is 10.6 Å². The molecule has 3 rings (SSSR count). The van der Waals surface area contributed by atoms with E-state index in [9.17, 15) is 22.8 Å². The van der Waals surface area contributed by atoms with Crippen LogP contribution in [-0.4, -0.2) is 55.9 Å². The third-order valence-corrected chi connectivity index (χ3v) is 8.21. The number of carbonyl (C=O) groups is 3. The highest BCUT2D eigenvalue weighted by molar-refractivity contribution is 7.89. The number of amides is 3. The first-order chi connectivity index (χ1) is 15.7. The molecular formula is C23H33N3O6S. The maximum absolute atomic E-state index is 12.8. The Labute approximate surface area is 195 Å². The maximum Gasteiger partial charge on any atom is 0.338 e. The minimum absolute atomic E-state index is 0.0486. The van der Waals surface area contributed by atoms with Crippen molar-refractivity contribution in [2.45, 2.75) is 75.8 Å². The van der Waals surface area contributed by atoms with E-state index in [0.717, 1.165) is 44.9 Å². The fourth-order valence-electron chi connectivity index (χ4n) is 4.10. The Morgan fingerprint density at radius 2 is 1.61 bits per heavy atom. The average Bonchev–Trinajstić information content (AvgIpc) is 2.80. The van der Waals surface area contributed by atoms with Gasteiger partial charge in [-0.2, -0.15) is 4.31 Å². The zero-order valence-electron chi connectivity index (χ0n) is 19.2. The summed E-state index contributed by atoms with van der Waals surface area (Å²) in [6, 6.07) is 4.91. The van der Waals surface area contributed by atoms with Crippen LogP contribution in [0.4, 0.5) is 4.79 Å². The van der Waals surface area contributed by atoms with Crippen molar-refractivity contribution in [2.75, 3.05) is 13.1 Å². The second-order valence-electron chi connectivity index (χ2n) is 8.96. The number of nitrogens with zero attached hydrogens (tertiary/aromatic N) is 1. The molecule has 9 nitrogen and oxygen atoms in total. The van der Waals surface area contributed by atoms with Gasteiger partial charge in [0.2, 0.25) is 10.0 Å².